The molecule has 0 bridgehead atoms. The van der Waals surface area contributed by atoms with E-state index < -0.39 is 0 Å². The number of hydrogen-bond donors (Lipinski definition) is 1. The molecule has 0 amide bonds. The van der Waals surface area contributed by atoms with E-state index in [1.807, 2.05) is 0 Å². The van der Waals surface area contributed by atoms with Crippen LogP contribution >= 0.6 is 0 Å². The van der Waals surface area contributed by atoms with Crippen molar-refractivity contribution in [1.29, 1.82) is 0 Å². The average Bonchev–Trinajstić information content (AvgIpc) is 2.72. The van der Waals surface area contributed by atoms with E-state index in [1.165, 1.54) is 54.0 Å². The predicted octanol–water partition coefficient (Wildman–Crippen LogP) is 6.16. The van der Waals surface area contributed by atoms with Gasteiger partial charge in [-0.3, -0.25) is 0 Å². The second-order valence-corrected chi connectivity index (χ2v) is 8.20. The highest BCUT2D eigenvalue weighted by Gasteiger charge is 2.41. The van der Waals surface area contributed by atoms with E-state index in [0.717, 1.165) is 18.7 Å². The zero-order chi connectivity index (χ0) is 18.1. The Morgan fingerprint density at radius 3 is 2.52 bits per heavy atom. The van der Waals surface area contributed by atoms with Gasteiger partial charge in [-0.1, -0.05) is 61.0 Å². The maximum atomic E-state index is 6.56. The Kier molecular flexibility index (Phi) is 4.37. The number of nitrogens with one attached hydrogen (secondary N) is 1. The van der Waals surface area contributed by atoms with Crippen molar-refractivity contribution in [3.8, 4) is 5.75 Å². The summed E-state index contributed by atoms with van der Waals surface area (Å²) in [5.74, 6) is 1.08. The molecule has 1 atom stereocenters. The number of rotatable bonds is 3. The zero-order valence-electron chi connectivity index (χ0n) is 15.8. The summed E-state index contributed by atoms with van der Waals surface area (Å²) in [6.45, 7) is 0.889. The van der Waals surface area contributed by atoms with Crippen molar-refractivity contribution < 1.29 is 4.74 Å². The summed E-state index contributed by atoms with van der Waals surface area (Å²) in [6.07, 6.45) is 7.39. The van der Waals surface area contributed by atoms with E-state index >= 15 is 0 Å². The SMILES string of the molecule is c1ccc2c(c1)OC1(CCCCC1)CC2NCc1ccc2ccccc2c1. The summed E-state index contributed by atoms with van der Waals surface area (Å²) >= 11 is 0. The van der Waals surface area contributed by atoms with Crippen molar-refractivity contribution in [3.05, 3.63) is 77.9 Å². The van der Waals surface area contributed by atoms with Gasteiger partial charge < -0.3 is 10.1 Å². The quantitative estimate of drug-likeness (QED) is 0.606. The van der Waals surface area contributed by atoms with Crippen LogP contribution in [0.1, 0.15) is 55.7 Å². The van der Waals surface area contributed by atoms with E-state index in [0.29, 0.717) is 6.04 Å². The first kappa shape index (κ1) is 16.8. The lowest BCUT2D eigenvalue weighted by Crippen LogP contribution is -2.45. The number of fused-ring (bicyclic) bond motifs is 2. The van der Waals surface area contributed by atoms with Gasteiger partial charge in [0.25, 0.3) is 0 Å². The highest BCUT2D eigenvalue weighted by atomic mass is 16.5. The number of ether oxygens (including phenoxy) is 1. The van der Waals surface area contributed by atoms with E-state index in [4.69, 9.17) is 4.74 Å². The second kappa shape index (κ2) is 7.01. The molecule has 1 aliphatic carbocycles. The average molecular weight is 357 g/mol. The molecule has 3 aromatic carbocycles. The minimum Gasteiger partial charge on any atom is -0.487 e. The van der Waals surface area contributed by atoms with Crippen molar-refractivity contribution in [2.45, 2.75) is 56.7 Å². The fourth-order valence-corrected chi connectivity index (χ4v) is 4.89. The molecule has 138 valence electrons. The normalized spacial score (nSPS) is 21.0. The minimum absolute atomic E-state index is 0.0354. The van der Waals surface area contributed by atoms with Crippen LogP contribution in [0.2, 0.25) is 0 Å². The van der Waals surface area contributed by atoms with Gasteiger partial charge in [0.15, 0.2) is 0 Å². The number of benzene rings is 3. The largest absolute Gasteiger partial charge is 0.487 e. The summed E-state index contributed by atoms with van der Waals surface area (Å²) in [4.78, 5) is 0. The monoisotopic (exact) mass is 357 g/mol. The topological polar surface area (TPSA) is 21.3 Å². The maximum absolute atomic E-state index is 6.56. The molecule has 2 nitrogen and oxygen atoms in total. The molecule has 1 aliphatic heterocycles. The van der Waals surface area contributed by atoms with Crippen LogP contribution in [-0.2, 0) is 6.54 Å². The molecule has 1 unspecified atom stereocenters. The van der Waals surface area contributed by atoms with Crippen LogP contribution in [-0.4, -0.2) is 5.60 Å². The van der Waals surface area contributed by atoms with Crippen LogP contribution in [0.3, 0.4) is 0 Å². The van der Waals surface area contributed by atoms with Crippen LogP contribution in [0, 0.1) is 0 Å². The van der Waals surface area contributed by atoms with Crippen LogP contribution in [0.4, 0.5) is 0 Å². The first-order valence-corrected chi connectivity index (χ1v) is 10.3. The Bertz CT molecular complexity index is 942. The molecule has 1 fully saturated rings. The van der Waals surface area contributed by atoms with Crippen LogP contribution in [0.5, 0.6) is 5.75 Å². The molecule has 1 saturated carbocycles. The molecule has 0 aromatic heterocycles. The van der Waals surface area contributed by atoms with Crippen molar-refractivity contribution in [3.63, 3.8) is 0 Å². The fraction of sp³-hybridized carbons (Fsp3) is 0.360. The Balaban J connectivity index is 1.39. The Labute approximate surface area is 161 Å². The van der Waals surface area contributed by atoms with Crippen LogP contribution < -0.4 is 10.1 Å². The summed E-state index contributed by atoms with van der Waals surface area (Å²) in [7, 11) is 0. The van der Waals surface area contributed by atoms with Gasteiger partial charge in [0.05, 0.1) is 0 Å². The molecule has 1 spiro atoms. The molecule has 1 heterocycles. The van der Waals surface area contributed by atoms with Crippen LogP contribution in [0.15, 0.2) is 66.7 Å². The second-order valence-electron chi connectivity index (χ2n) is 8.20. The highest BCUT2D eigenvalue weighted by Crippen LogP contribution is 2.46. The predicted molar refractivity (Wildman–Crippen MR) is 111 cm³/mol. The Morgan fingerprint density at radius 1 is 0.852 bits per heavy atom. The fourth-order valence-electron chi connectivity index (χ4n) is 4.89. The molecule has 5 rings (SSSR count). The molecular formula is C25H27NO. The highest BCUT2D eigenvalue weighted by molar-refractivity contribution is 5.82. The Morgan fingerprint density at radius 2 is 1.63 bits per heavy atom. The molecule has 0 saturated heterocycles. The van der Waals surface area contributed by atoms with E-state index in [9.17, 15) is 0 Å². The summed E-state index contributed by atoms with van der Waals surface area (Å²) < 4.78 is 6.56. The van der Waals surface area contributed by atoms with Gasteiger partial charge >= 0.3 is 0 Å². The smallest absolute Gasteiger partial charge is 0.124 e. The lowest BCUT2D eigenvalue weighted by atomic mass is 9.77. The van der Waals surface area contributed by atoms with Gasteiger partial charge in [0, 0.05) is 24.6 Å². The maximum Gasteiger partial charge on any atom is 0.124 e. The molecule has 27 heavy (non-hydrogen) atoms. The Hall–Kier alpha value is -2.32. The van der Waals surface area contributed by atoms with E-state index in [2.05, 4.69) is 72.0 Å². The van der Waals surface area contributed by atoms with E-state index in [-0.39, 0.29) is 5.60 Å². The molecule has 2 aliphatic rings. The zero-order valence-corrected chi connectivity index (χ0v) is 15.8. The lowest BCUT2D eigenvalue weighted by molar-refractivity contribution is -0.00289. The third-order valence-corrected chi connectivity index (χ3v) is 6.33. The first-order valence-electron chi connectivity index (χ1n) is 10.3. The number of para-hydroxylation sites is 1. The van der Waals surface area contributed by atoms with Gasteiger partial charge in [0.2, 0.25) is 0 Å². The van der Waals surface area contributed by atoms with Gasteiger partial charge in [-0.2, -0.15) is 0 Å². The summed E-state index contributed by atoms with van der Waals surface area (Å²) in [5, 5.41) is 6.47. The molecule has 0 radical (unpaired) electrons. The van der Waals surface area contributed by atoms with Gasteiger partial charge in [-0.05, 0) is 54.2 Å². The third kappa shape index (κ3) is 3.35. The van der Waals surface area contributed by atoms with Gasteiger partial charge in [-0.15, -0.1) is 0 Å². The minimum atomic E-state index is 0.0354. The molecular weight excluding hydrogens is 330 g/mol. The van der Waals surface area contributed by atoms with Gasteiger partial charge in [-0.25, -0.2) is 0 Å². The number of hydrogen-bond acceptors (Lipinski definition) is 2. The van der Waals surface area contributed by atoms with Crippen molar-refractivity contribution in [2.24, 2.45) is 0 Å². The third-order valence-electron chi connectivity index (χ3n) is 6.33. The molecule has 2 heteroatoms. The summed E-state index contributed by atoms with van der Waals surface area (Å²) in [6, 6.07) is 24.3. The van der Waals surface area contributed by atoms with Crippen LogP contribution in [0.25, 0.3) is 10.8 Å². The first-order chi connectivity index (χ1) is 13.3. The van der Waals surface area contributed by atoms with E-state index in [1.54, 1.807) is 0 Å². The lowest BCUT2D eigenvalue weighted by Gasteiger charge is -2.44. The summed E-state index contributed by atoms with van der Waals surface area (Å²) in [5.41, 5.74) is 2.69. The standard InChI is InChI=1S/C25H27NO/c1-6-14-25(15-7-1)17-23(22-10-4-5-11-24(22)27-25)26-18-19-12-13-20-8-2-3-9-21(20)16-19/h2-5,8-13,16,23,26H,1,6-7,14-15,17-18H2. The van der Waals surface area contributed by atoms with Crippen molar-refractivity contribution >= 4 is 10.8 Å². The molecule has 1 N–H and O–H groups in total. The van der Waals surface area contributed by atoms with Gasteiger partial charge in [0.1, 0.15) is 11.4 Å². The van der Waals surface area contributed by atoms with Crippen molar-refractivity contribution in [1.82, 2.24) is 5.32 Å². The molecule has 3 aromatic rings. The van der Waals surface area contributed by atoms with Crippen molar-refractivity contribution in [2.75, 3.05) is 0 Å².